The number of hydrogen-bond donors (Lipinski definition) is 3. The molecule has 0 spiro atoms. The third-order valence-corrected chi connectivity index (χ3v) is 5.65. The van der Waals surface area contributed by atoms with Crippen LogP contribution < -0.4 is 16.0 Å². The van der Waals surface area contributed by atoms with Crippen LogP contribution in [0.4, 0.5) is 5.69 Å². The second kappa shape index (κ2) is 9.46. The molecule has 1 unspecified atom stereocenters. The lowest BCUT2D eigenvalue weighted by Gasteiger charge is -2.28. The lowest BCUT2D eigenvalue weighted by atomic mass is 10.1. The lowest BCUT2D eigenvalue weighted by Crippen LogP contribution is -2.56. The number of thiocarbonyl (C=S) groups is 1. The van der Waals surface area contributed by atoms with Gasteiger partial charge in [0.25, 0.3) is 5.91 Å². The third-order valence-electron chi connectivity index (χ3n) is 4.77. The Morgan fingerprint density at radius 2 is 1.59 bits per heavy atom. The van der Waals surface area contributed by atoms with Crippen LogP contribution in [-0.2, 0) is 0 Å². The maximum absolute atomic E-state index is 12.9. The van der Waals surface area contributed by atoms with E-state index >= 15 is 0 Å². The van der Waals surface area contributed by atoms with Crippen molar-refractivity contribution in [2.24, 2.45) is 0 Å². The first-order valence-corrected chi connectivity index (χ1v) is 11.1. The molecule has 0 aliphatic carbocycles. The molecule has 32 heavy (non-hydrogen) atoms. The zero-order valence-electron chi connectivity index (χ0n) is 16.5. The highest BCUT2D eigenvalue weighted by Gasteiger charge is 2.35. The van der Waals surface area contributed by atoms with E-state index in [0.29, 0.717) is 11.3 Å². The van der Waals surface area contributed by atoms with Gasteiger partial charge >= 0.3 is 0 Å². The SMILES string of the molecule is O=C(NC(NC(=S)Nc1cccc2cccnc12)C(Cl)(Cl)Cl)c1ccc2ccccc2c1. The van der Waals surface area contributed by atoms with Crippen molar-refractivity contribution in [3.63, 3.8) is 0 Å². The van der Waals surface area contributed by atoms with Crippen molar-refractivity contribution in [2.45, 2.75) is 9.96 Å². The number of fused-ring (bicyclic) bond motifs is 2. The number of amides is 1. The summed E-state index contributed by atoms with van der Waals surface area (Å²) < 4.78 is -1.87. The molecule has 4 aromatic rings. The fourth-order valence-electron chi connectivity index (χ4n) is 3.24. The smallest absolute Gasteiger partial charge is 0.253 e. The number of alkyl halides is 3. The predicted octanol–water partition coefficient (Wildman–Crippen LogP) is 5.80. The van der Waals surface area contributed by atoms with E-state index < -0.39 is 15.9 Å². The van der Waals surface area contributed by atoms with Crippen LogP contribution in [0.3, 0.4) is 0 Å². The Hall–Kier alpha value is -2.64. The Kier molecular flexibility index (Phi) is 6.67. The quantitative estimate of drug-likeness (QED) is 0.187. The van der Waals surface area contributed by atoms with E-state index in [2.05, 4.69) is 20.9 Å². The number of carbonyl (C=O) groups excluding carboxylic acids is 1. The van der Waals surface area contributed by atoms with Crippen LogP contribution in [-0.4, -0.2) is 26.0 Å². The first kappa shape index (κ1) is 22.6. The largest absolute Gasteiger partial charge is 0.339 e. The Labute approximate surface area is 205 Å². The van der Waals surface area contributed by atoms with E-state index in [4.69, 9.17) is 47.0 Å². The number of hydrogen-bond acceptors (Lipinski definition) is 3. The van der Waals surface area contributed by atoms with Gasteiger partial charge in [0.15, 0.2) is 5.11 Å². The number of anilines is 1. The number of rotatable bonds is 4. The van der Waals surface area contributed by atoms with Gasteiger partial charge in [-0.3, -0.25) is 9.78 Å². The molecule has 3 N–H and O–H groups in total. The maximum Gasteiger partial charge on any atom is 0.253 e. The van der Waals surface area contributed by atoms with E-state index in [1.807, 2.05) is 60.7 Å². The van der Waals surface area contributed by atoms with Gasteiger partial charge in [-0.1, -0.05) is 83.3 Å². The molecule has 0 radical (unpaired) electrons. The zero-order valence-corrected chi connectivity index (χ0v) is 19.6. The number of pyridine rings is 1. The molecule has 1 atom stereocenters. The molecule has 0 saturated carbocycles. The van der Waals surface area contributed by atoms with Crippen LogP contribution in [0.5, 0.6) is 0 Å². The first-order valence-electron chi connectivity index (χ1n) is 9.59. The summed E-state index contributed by atoms with van der Waals surface area (Å²) in [5, 5.41) is 11.7. The highest BCUT2D eigenvalue weighted by molar-refractivity contribution is 7.80. The standard InChI is InChI=1S/C23H17Cl3N4OS/c24-23(25,26)21(29-20(31)17-11-10-14-5-1-2-6-16(14)13-17)30-22(32)28-18-9-3-7-15-8-4-12-27-19(15)18/h1-13,21H,(H,29,31)(H2,28,30,32). The van der Waals surface area contributed by atoms with Crippen LogP contribution >= 0.6 is 47.0 Å². The van der Waals surface area contributed by atoms with Crippen molar-refractivity contribution < 1.29 is 4.79 Å². The van der Waals surface area contributed by atoms with Gasteiger partial charge in [0.05, 0.1) is 11.2 Å². The molecule has 162 valence electrons. The van der Waals surface area contributed by atoms with Gasteiger partial charge in [0, 0.05) is 17.1 Å². The molecule has 5 nitrogen and oxygen atoms in total. The fraction of sp³-hybridized carbons (Fsp3) is 0.0870. The molecule has 9 heteroatoms. The molecule has 0 bridgehead atoms. The molecule has 1 heterocycles. The topological polar surface area (TPSA) is 66.1 Å². The van der Waals surface area contributed by atoms with Gasteiger partial charge in [-0.25, -0.2) is 0 Å². The second-order valence-electron chi connectivity index (χ2n) is 6.99. The molecule has 4 rings (SSSR count). The fourth-order valence-corrected chi connectivity index (χ4v) is 3.79. The van der Waals surface area contributed by atoms with Crippen molar-refractivity contribution in [3.8, 4) is 0 Å². The minimum atomic E-state index is -1.87. The van der Waals surface area contributed by atoms with Crippen LogP contribution in [0.1, 0.15) is 10.4 Å². The Balaban J connectivity index is 1.50. The molecule has 0 aliphatic rings. The summed E-state index contributed by atoms with van der Waals surface area (Å²) >= 11 is 23.8. The number of nitrogens with zero attached hydrogens (tertiary/aromatic N) is 1. The number of carbonyl (C=O) groups is 1. The Bertz CT molecular complexity index is 1300. The summed E-state index contributed by atoms with van der Waals surface area (Å²) in [5.74, 6) is -0.408. The molecule has 0 fully saturated rings. The average molecular weight is 504 g/mol. The lowest BCUT2D eigenvalue weighted by molar-refractivity contribution is 0.0934. The number of benzene rings is 3. The molecule has 1 amide bonds. The van der Waals surface area contributed by atoms with E-state index in [1.165, 1.54) is 0 Å². The van der Waals surface area contributed by atoms with E-state index in [0.717, 1.165) is 21.7 Å². The van der Waals surface area contributed by atoms with Gasteiger partial charge in [-0.05, 0) is 47.3 Å². The summed E-state index contributed by atoms with van der Waals surface area (Å²) in [6.45, 7) is 0. The predicted molar refractivity (Wildman–Crippen MR) is 137 cm³/mol. The number of aromatic nitrogens is 1. The van der Waals surface area contributed by atoms with Gasteiger partial charge < -0.3 is 16.0 Å². The minimum Gasteiger partial charge on any atom is -0.339 e. The number of nitrogens with one attached hydrogen (secondary N) is 3. The van der Waals surface area contributed by atoms with E-state index in [1.54, 1.807) is 18.3 Å². The van der Waals surface area contributed by atoms with Crippen molar-refractivity contribution in [1.29, 1.82) is 0 Å². The average Bonchev–Trinajstić information content (AvgIpc) is 2.78. The molecular weight excluding hydrogens is 487 g/mol. The number of halogens is 3. The van der Waals surface area contributed by atoms with Crippen molar-refractivity contribution >= 4 is 85.4 Å². The summed E-state index contributed by atoms with van der Waals surface area (Å²) in [4.78, 5) is 17.2. The van der Waals surface area contributed by atoms with Crippen LogP contribution in [0.15, 0.2) is 79.0 Å². The second-order valence-corrected chi connectivity index (χ2v) is 9.77. The minimum absolute atomic E-state index is 0.165. The Morgan fingerprint density at radius 3 is 2.38 bits per heavy atom. The van der Waals surface area contributed by atoms with Crippen molar-refractivity contribution in [3.05, 3.63) is 84.6 Å². The monoisotopic (exact) mass is 502 g/mol. The van der Waals surface area contributed by atoms with Crippen LogP contribution in [0, 0.1) is 0 Å². The summed E-state index contributed by atoms with van der Waals surface area (Å²) in [7, 11) is 0. The molecule has 1 aromatic heterocycles. The molecule has 0 aliphatic heterocycles. The van der Waals surface area contributed by atoms with Gasteiger partial charge in [-0.2, -0.15) is 0 Å². The maximum atomic E-state index is 12.9. The van der Waals surface area contributed by atoms with Crippen molar-refractivity contribution in [2.75, 3.05) is 5.32 Å². The molecule has 3 aromatic carbocycles. The van der Waals surface area contributed by atoms with E-state index in [9.17, 15) is 4.79 Å². The van der Waals surface area contributed by atoms with Crippen molar-refractivity contribution in [1.82, 2.24) is 15.6 Å². The van der Waals surface area contributed by atoms with Gasteiger partial charge in [0.1, 0.15) is 6.17 Å². The van der Waals surface area contributed by atoms with Gasteiger partial charge in [-0.15, -0.1) is 0 Å². The van der Waals surface area contributed by atoms with Crippen LogP contribution in [0.2, 0.25) is 0 Å². The Morgan fingerprint density at radius 1 is 0.875 bits per heavy atom. The normalized spacial score (nSPS) is 12.3. The molecule has 0 saturated heterocycles. The van der Waals surface area contributed by atoms with Gasteiger partial charge in [0.2, 0.25) is 3.79 Å². The third kappa shape index (κ3) is 5.22. The van der Waals surface area contributed by atoms with Crippen LogP contribution in [0.25, 0.3) is 21.7 Å². The van der Waals surface area contributed by atoms with E-state index in [-0.39, 0.29) is 5.11 Å². The summed E-state index contributed by atoms with van der Waals surface area (Å²) in [6.07, 6.45) is 0.604. The summed E-state index contributed by atoms with van der Waals surface area (Å²) in [5.41, 5.74) is 1.86. The highest BCUT2D eigenvalue weighted by Crippen LogP contribution is 2.30. The zero-order chi connectivity index (χ0) is 22.7. The highest BCUT2D eigenvalue weighted by atomic mass is 35.6. The number of para-hydroxylation sites is 1. The summed E-state index contributed by atoms with van der Waals surface area (Å²) in [6, 6.07) is 22.5. The molecular formula is C23H17Cl3N4OS. The first-order chi connectivity index (χ1) is 15.3.